The van der Waals surface area contributed by atoms with E-state index in [1.54, 1.807) is 19.1 Å². The van der Waals surface area contributed by atoms with Crippen molar-refractivity contribution >= 4 is 50.3 Å². The molecule has 0 bridgehead atoms. The molecular weight excluding hydrogens is 550 g/mol. The molecule has 0 atom stereocenters. The van der Waals surface area contributed by atoms with Gasteiger partial charge in [0.1, 0.15) is 18.1 Å². The molecule has 5 amide bonds. The number of ether oxygens (including phenoxy) is 1. The number of thiophene rings is 1. The summed E-state index contributed by atoms with van der Waals surface area (Å²) in [6.07, 6.45) is -0.264. The molecule has 0 radical (unpaired) electrons. The number of primary amides is 1. The van der Waals surface area contributed by atoms with Gasteiger partial charge in [-0.2, -0.15) is 14.8 Å². The van der Waals surface area contributed by atoms with Crippen molar-refractivity contribution in [3.63, 3.8) is 0 Å². The lowest BCUT2D eigenvalue weighted by Crippen LogP contribution is -2.38. The van der Waals surface area contributed by atoms with Crippen molar-refractivity contribution < 1.29 is 32.3 Å². The number of anilines is 1. The van der Waals surface area contributed by atoms with Gasteiger partial charge in [0, 0.05) is 17.0 Å². The maximum Gasteiger partial charge on any atom is 0.410 e. The third kappa shape index (κ3) is 6.50. The van der Waals surface area contributed by atoms with Gasteiger partial charge in [-0.3, -0.25) is 14.9 Å². The molecule has 1 aromatic carbocycles. The molecule has 2 heterocycles. The Kier molecular flexibility index (Phi) is 9.20. The van der Waals surface area contributed by atoms with E-state index >= 15 is 0 Å². The number of carbonyl (C=O) groups excluding carboxylic acids is 4. The van der Waals surface area contributed by atoms with Crippen molar-refractivity contribution in [2.24, 2.45) is 5.73 Å². The number of hydrogen-bond acceptors (Lipinski definition) is 10. The minimum Gasteiger partial charge on any atom is -0.450 e. The summed E-state index contributed by atoms with van der Waals surface area (Å²) in [5, 5.41) is 22.5. The fraction of sp³-hybridized carbons (Fsp3) is 0.304. The van der Waals surface area contributed by atoms with Crippen molar-refractivity contribution in [3.8, 4) is 12.1 Å². The first-order valence-corrected chi connectivity index (χ1v) is 13.6. The van der Waals surface area contributed by atoms with Crippen LogP contribution in [0.3, 0.4) is 0 Å². The van der Waals surface area contributed by atoms with Crippen LogP contribution in [0.5, 0.6) is 0 Å². The highest BCUT2D eigenvalue weighted by atomic mass is 32.2. The summed E-state index contributed by atoms with van der Waals surface area (Å²) >= 11 is 1.04. The molecule has 1 aromatic heterocycles. The van der Waals surface area contributed by atoms with Crippen molar-refractivity contribution in [1.29, 1.82) is 10.5 Å². The molecule has 2 aromatic rings. The van der Waals surface area contributed by atoms with E-state index in [0.29, 0.717) is 14.7 Å². The molecule has 14 nitrogen and oxygen atoms in total. The van der Waals surface area contributed by atoms with Crippen LogP contribution in [0.15, 0.2) is 29.2 Å². The zero-order valence-corrected chi connectivity index (χ0v) is 22.2. The number of carbonyl (C=O) groups is 4. The number of fused-ring (bicyclic) bond motifs is 1. The maximum atomic E-state index is 13.0. The largest absolute Gasteiger partial charge is 0.450 e. The van der Waals surface area contributed by atoms with Gasteiger partial charge < -0.3 is 20.7 Å². The second kappa shape index (κ2) is 12.4. The standard InChI is InChI=1S/C23H23N7O7S2/c1-2-37-23(34)29-10-7-16-17(13-29)38-21(18(16)20(32)28-22(26)33)27-19(31)14-3-5-15(6-4-14)39(35,36)30(11-8-24)12-9-25/h3-6H,2,7,10-13H2,1H3,(H,27,31)(H3,26,28,32,33). The molecule has 0 saturated carbocycles. The highest BCUT2D eigenvalue weighted by molar-refractivity contribution is 7.89. The van der Waals surface area contributed by atoms with E-state index in [1.807, 2.05) is 5.32 Å². The van der Waals surface area contributed by atoms with Gasteiger partial charge in [-0.15, -0.1) is 11.3 Å². The van der Waals surface area contributed by atoms with E-state index in [9.17, 15) is 27.6 Å². The number of rotatable bonds is 8. The smallest absolute Gasteiger partial charge is 0.410 e. The minimum absolute atomic E-state index is 0.0357. The first-order valence-electron chi connectivity index (χ1n) is 11.4. The number of nitrogens with zero attached hydrogens (tertiary/aromatic N) is 4. The van der Waals surface area contributed by atoms with E-state index in [0.717, 1.165) is 23.5 Å². The molecule has 4 N–H and O–H groups in total. The van der Waals surface area contributed by atoms with Gasteiger partial charge in [0.05, 0.1) is 35.7 Å². The van der Waals surface area contributed by atoms with Gasteiger partial charge in [0.15, 0.2) is 0 Å². The Balaban J connectivity index is 1.89. The topological polar surface area (TPSA) is 216 Å². The first kappa shape index (κ1) is 29.1. The Morgan fingerprint density at radius 3 is 2.33 bits per heavy atom. The molecule has 204 valence electrons. The normalized spacial score (nSPS) is 12.6. The Hall–Kier alpha value is -4.51. The van der Waals surface area contributed by atoms with Crippen LogP contribution in [0.4, 0.5) is 14.6 Å². The molecule has 1 aliphatic rings. The highest BCUT2D eigenvalue weighted by Gasteiger charge is 2.31. The second-order valence-corrected chi connectivity index (χ2v) is 11.0. The molecule has 16 heteroatoms. The Morgan fingerprint density at radius 2 is 1.77 bits per heavy atom. The van der Waals surface area contributed by atoms with Crippen LogP contribution in [0.25, 0.3) is 0 Å². The zero-order chi connectivity index (χ0) is 28.7. The van der Waals surface area contributed by atoms with Crippen molar-refractivity contribution in [2.45, 2.75) is 24.8 Å². The summed E-state index contributed by atoms with van der Waals surface area (Å²) in [6.45, 7) is 1.19. The Bertz CT molecular complexity index is 1470. The van der Waals surface area contributed by atoms with Gasteiger partial charge in [-0.25, -0.2) is 18.0 Å². The van der Waals surface area contributed by atoms with Crippen LogP contribution in [-0.2, 0) is 27.7 Å². The molecular formula is C23H23N7O7S2. The number of imide groups is 1. The first-order chi connectivity index (χ1) is 18.5. The van der Waals surface area contributed by atoms with E-state index in [-0.39, 0.29) is 47.1 Å². The number of nitrogens with one attached hydrogen (secondary N) is 2. The number of hydrogen-bond donors (Lipinski definition) is 3. The van der Waals surface area contributed by atoms with Crippen molar-refractivity contribution in [1.82, 2.24) is 14.5 Å². The second-order valence-electron chi connectivity index (χ2n) is 7.96. The average molecular weight is 574 g/mol. The Labute approximate surface area is 227 Å². The maximum absolute atomic E-state index is 13.0. The predicted octanol–water partition coefficient (Wildman–Crippen LogP) is 1.36. The molecule has 0 fully saturated rings. The summed E-state index contributed by atoms with van der Waals surface area (Å²) in [5.41, 5.74) is 5.74. The average Bonchev–Trinajstić information content (AvgIpc) is 3.25. The van der Waals surface area contributed by atoms with Gasteiger partial charge in [0.25, 0.3) is 11.8 Å². The van der Waals surface area contributed by atoms with Crippen LogP contribution < -0.4 is 16.4 Å². The molecule has 0 saturated heterocycles. The molecule has 3 rings (SSSR count). The van der Waals surface area contributed by atoms with Crippen molar-refractivity contribution in [2.75, 3.05) is 31.6 Å². The number of benzene rings is 1. The summed E-state index contributed by atoms with van der Waals surface area (Å²) < 4.78 is 31.2. The van der Waals surface area contributed by atoms with Crippen LogP contribution in [-0.4, -0.2) is 67.8 Å². The minimum atomic E-state index is -4.16. The number of sulfonamides is 1. The molecule has 0 unspecified atom stereocenters. The monoisotopic (exact) mass is 573 g/mol. The predicted molar refractivity (Wildman–Crippen MR) is 137 cm³/mol. The zero-order valence-electron chi connectivity index (χ0n) is 20.6. The van der Waals surface area contributed by atoms with Crippen LogP contribution in [0.1, 0.15) is 38.1 Å². The third-order valence-electron chi connectivity index (χ3n) is 5.52. The Morgan fingerprint density at radius 1 is 1.13 bits per heavy atom. The third-order valence-corrected chi connectivity index (χ3v) is 8.46. The van der Waals surface area contributed by atoms with Crippen LogP contribution in [0, 0.1) is 22.7 Å². The number of nitrogens with two attached hydrogens (primary N) is 1. The fourth-order valence-corrected chi connectivity index (χ4v) is 6.25. The van der Waals surface area contributed by atoms with Crippen LogP contribution in [0.2, 0.25) is 0 Å². The fourth-order valence-electron chi connectivity index (χ4n) is 3.76. The van der Waals surface area contributed by atoms with Gasteiger partial charge in [0.2, 0.25) is 10.0 Å². The summed E-state index contributed by atoms with van der Waals surface area (Å²) in [4.78, 5) is 51.2. The highest BCUT2D eigenvalue weighted by Crippen LogP contribution is 2.37. The van der Waals surface area contributed by atoms with Gasteiger partial charge in [-0.1, -0.05) is 0 Å². The van der Waals surface area contributed by atoms with Gasteiger partial charge in [-0.05, 0) is 43.2 Å². The number of amides is 5. The lowest BCUT2D eigenvalue weighted by molar-refractivity contribution is 0.0965. The van der Waals surface area contributed by atoms with E-state index in [4.69, 9.17) is 21.0 Å². The van der Waals surface area contributed by atoms with Crippen LogP contribution >= 0.6 is 11.3 Å². The van der Waals surface area contributed by atoms with E-state index < -0.39 is 47.1 Å². The SMILES string of the molecule is CCOC(=O)N1CCc2c(sc(NC(=O)c3ccc(S(=O)(=O)N(CC#N)CC#N)cc3)c2C(=O)NC(N)=O)C1. The lowest BCUT2D eigenvalue weighted by Gasteiger charge is -2.26. The number of nitriles is 2. The summed E-state index contributed by atoms with van der Waals surface area (Å²) in [5.74, 6) is -1.50. The lowest BCUT2D eigenvalue weighted by atomic mass is 10.0. The van der Waals surface area contributed by atoms with E-state index in [2.05, 4.69) is 5.32 Å². The quantitative estimate of drug-likeness (QED) is 0.388. The summed E-state index contributed by atoms with van der Waals surface area (Å²) in [6, 6.07) is 7.08. The molecule has 39 heavy (non-hydrogen) atoms. The van der Waals surface area contributed by atoms with Gasteiger partial charge >= 0.3 is 12.1 Å². The molecule has 0 aliphatic carbocycles. The number of urea groups is 1. The van der Waals surface area contributed by atoms with Crippen molar-refractivity contribution in [3.05, 3.63) is 45.8 Å². The molecule has 0 spiro atoms. The summed E-state index contributed by atoms with van der Waals surface area (Å²) in [7, 11) is -4.16. The molecule has 1 aliphatic heterocycles. The van der Waals surface area contributed by atoms with E-state index in [1.165, 1.54) is 17.0 Å².